The van der Waals surface area contributed by atoms with E-state index in [2.05, 4.69) is 31.5 Å². The fraction of sp³-hybridized carbons (Fsp3) is 0.333. The van der Waals surface area contributed by atoms with E-state index in [1.807, 2.05) is 75.5 Å². The number of ether oxygens (including phenoxy) is 1. The van der Waals surface area contributed by atoms with Gasteiger partial charge in [0.05, 0.1) is 25.0 Å². The van der Waals surface area contributed by atoms with Crippen molar-refractivity contribution >= 4 is 22.2 Å². The monoisotopic (exact) mass is 518 g/mol. The van der Waals surface area contributed by atoms with Crippen molar-refractivity contribution in [2.24, 2.45) is 0 Å². The molecule has 1 atom stereocenters. The Morgan fingerprint density at radius 3 is 2.73 bits per heavy atom. The topological polar surface area (TPSA) is 102 Å². The number of hydrogen-bond donors (Lipinski definition) is 1. The van der Waals surface area contributed by atoms with Gasteiger partial charge in [-0.3, -0.25) is 9.69 Å². The largest absolute Gasteiger partial charge is 0.494 e. The molecule has 0 radical (unpaired) electrons. The standard InChI is InChI=1S/C27H30N6O3S/c1-5-35-19-10-11-23-18(14-19)15-22(26(34)28-23)24(25-29-30-31-33(25)27(2,3)4)32(16-20-8-6-12-36-20)17-21-9-7-13-37-21/h6-15,24H,5,16-17H2,1-4H3,(H,28,34)/t24-/m0/s1. The first kappa shape index (κ1) is 24.9. The average molecular weight is 519 g/mol. The molecule has 5 rings (SSSR count). The molecule has 0 bridgehead atoms. The zero-order chi connectivity index (χ0) is 26.0. The van der Waals surface area contributed by atoms with E-state index in [4.69, 9.17) is 9.15 Å². The summed E-state index contributed by atoms with van der Waals surface area (Å²) < 4.78 is 13.2. The molecule has 1 N–H and O–H groups in total. The smallest absolute Gasteiger partial charge is 0.253 e. The van der Waals surface area contributed by atoms with E-state index in [1.54, 1.807) is 22.3 Å². The van der Waals surface area contributed by atoms with Crippen LogP contribution in [-0.2, 0) is 18.6 Å². The minimum atomic E-state index is -0.551. The van der Waals surface area contributed by atoms with E-state index < -0.39 is 11.6 Å². The molecule has 4 aromatic heterocycles. The number of tetrazole rings is 1. The third-order valence-electron chi connectivity index (χ3n) is 6.07. The van der Waals surface area contributed by atoms with E-state index >= 15 is 0 Å². The van der Waals surface area contributed by atoms with Gasteiger partial charge in [0.25, 0.3) is 5.56 Å². The summed E-state index contributed by atoms with van der Waals surface area (Å²) in [6, 6.07) is 15.0. The maximum atomic E-state index is 13.6. The molecule has 1 aromatic carbocycles. The minimum Gasteiger partial charge on any atom is -0.494 e. The second-order valence-electron chi connectivity index (χ2n) is 9.82. The lowest BCUT2D eigenvalue weighted by Crippen LogP contribution is -2.37. The van der Waals surface area contributed by atoms with Crippen LogP contribution >= 0.6 is 11.3 Å². The lowest BCUT2D eigenvalue weighted by molar-refractivity contribution is 0.173. The van der Waals surface area contributed by atoms with Gasteiger partial charge in [-0.05, 0) is 86.0 Å². The van der Waals surface area contributed by atoms with Crippen LogP contribution in [0.3, 0.4) is 0 Å². The van der Waals surface area contributed by atoms with Crippen molar-refractivity contribution in [3.63, 3.8) is 0 Å². The predicted molar refractivity (Wildman–Crippen MR) is 143 cm³/mol. The van der Waals surface area contributed by atoms with E-state index in [1.165, 1.54) is 0 Å². The summed E-state index contributed by atoms with van der Waals surface area (Å²) in [5.41, 5.74) is 0.690. The van der Waals surface area contributed by atoms with Gasteiger partial charge in [0.1, 0.15) is 17.6 Å². The van der Waals surface area contributed by atoms with Crippen molar-refractivity contribution in [2.75, 3.05) is 6.61 Å². The lowest BCUT2D eigenvalue weighted by Gasteiger charge is -2.32. The van der Waals surface area contributed by atoms with Gasteiger partial charge in [0, 0.05) is 27.9 Å². The molecule has 0 fully saturated rings. The molecule has 0 unspecified atom stereocenters. The Morgan fingerprint density at radius 2 is 2.03 bits per heavy atom. The molecule has 0 aliphatic carbocycles. The highest BCUT2D eigenvalue weighted by molar-refractivity contribution is 7.09. The Labute approximate surface area is 218 Å². The molecule has 5 aromatic rings. The van der Waals surface area contributed by atoms with Gasteiger partial charge < -0.3 is 14.1 Å². The number of fused-ring (bicyclic) bond motifs is 1. The summed E-state index contributed by atoms with van der Waals surface area (Å²) in [6.45, 7) is 9.67. The number of aromatic nitrogens is 5. The SMILES string of the molecule is CCOc1ccc2[nH]c(=O)c([C@@H](c3nnnn3C(C)(C)C)N(Cc3ccco3)Cc3cccs3)cc2c1. The maximum absolute atomic E-state index is 13.6. The fourth-order valence-electron chi connectivity index (χ4n) is 4.45. The van der Waals surface area contributed by atoms with Crippen LogP contribution in [0.25, 0.3) is 10.9 Å². The molecule has 192 valence electrons. The van der Waals surface area contributed by atoms with Crippen LogP contribution in [0, 0.1) is 0 Å². The van der Waals surface area contributed by atoms with Crippen LogP contribution in [0.5, 0.6) is 5.75 Å². The molecule has 0 saturated carbocycles. The second-order valence-corrected chi connectivity index (χ2v) is 10.9. The summed E-state index contributed by atoms with van der Waals surface area (Å²) >= 11 is 1.66. The van der Waals surface area contributed by atoms with Crippen LogP contribution in [0.4, 0.5) is 0 Å². The Hall–Kier alpha value is -3.76. The molecular formula is C27H30N6O3S. The van der Waals surface area contributed by atoms with Gasteiger partial charge in [-0.15, -0.1) is 16.4 Å². The quantitative estimate of drug-likeness (QED) is 0.289. The third kappa shape index (κ3) is 5.35. The van der Waals surface area contributed by atoms with Crippen molar-refractivity contribution in [3.8, 4) is 5.75 Å². The van der Waals surface area contributed by atoms with Gasteiger partial charge in [-0.25, -0.2) is 4.68 Å². The van der Waals surface area contributed by atoms with Crippen LogP contribution in [0.1, 0.15) is 55.8 Å². The first-order valence-electron chi connectivity index (χ1n) is 12.2. The molecule has 0 amide bonds. The number of nitrogens with zero attached hydrogens (tertiary/aromatic N) is 5. The first-order valence-corrected chi connectivity index (χ1v) is 13.1. The summed E-state index contributed by atoms with van der Waals surface area (Å²) in [4.78, 5) is 20.0. The van der Waals surface area contributed by atoms with Crippen LogP contribution in [0.2, 0.25) is 0 Å². The Morgan fingerprint density at radius 1 is 1.16 bits per heavy atom. The number of rotatable bonds is 9. The zero-order valence-electron chi connectivity index (χ0n) is 21.3. The number of nitrogens with one attached hydrogen (secondary N) is 1. The highest BCUT2D eigenvalue weighted by Crippen LogP contribution is 2.33. The number of pyridine rings is 1. The van der Waals surface area contributed by atoms with Crippen molar-refractivity contribution in [3.05, 3.63) is 92.6 Å². The molecule has 4 heterocycles. The summed E-state index contributed by atoms with van der Waals surface area (Å²) in [7, 11) is 0. The van der Waals surface area contributed by atoms with E-state index in [0.29, 0.717) is 31.1 Å². The van der Waals surface area contributed by atoms with Gasteiger partial charge in [-0.1, -0.05) is 6.07 Å². The molecule has 37 heavy (non-hydrogen) atoms. The summed E-state index contributed by atoms with van der Waals surface area (Å²) in [5.74, 6) is 2.11. The molecule has 10 heteroatoms. The fourth-order valence-corrected chi connectivity index (χ4v) is 5.18. The maximum Gasteiger partial charge on any atom is 0.253 e. The van der Waals surface area contributed by atoms with Crippen LogP contribution in [-0.4, -0.2) is 36.7 Å². The normalized spacial score (nSPS) is 12.9. The number of aromatic amines is 1. The van der Waals surface area contributed by atoms with Crippen molar-refractivity contribution in [1.29, 1.82) is 0 Å². The molecular weight excluding hydrogens is 488 g/mol. The molecule has 0 aliphatic rings. The number of furan rings is 1. The van der Waals surface area contributed by atoms with E-state index in [0.717, 1.165) is 27.3 Å². The molecule has 9 nitrogen and oxygen atoms in total. The third-order valence-corrected chi connectivity index (χ3v) is 6.93. The molecule has 0 saturated heterocycles. The van der Waals surface area contributed by atoms with Crippen LogP contribution < -0.4 is 10.3 Å². The second kappa shape index (κ2) is 10.3. The number of hydrogen-bond acceptors (Lipinski definition) is 8. The lowest BCUT2D eigenvalue weighted by atomic mass is 10.0. The Bertz CT molecular complexity index is 1480. The van der Waals surface area contributed by atoms with Gasteiger partial charge in [0.2, 0.25) is 0 Å². The highest BCUT2D eigenvalue weighted by atomic mass is 32.1. The Balaban J connectivity index is 1.71. The van der Waals surface area contributed by atoms with Crippen molar-refractivity contribution in [2.45, 2.75) is 52.4 Å². The average Bonchev–Trinajstić information content (AvgIpc) is 3.63. The first-order chi connectivity index (χ1) is 17.8. The van der Waals surface area contributed by atoms with Crippen molar-refractivity contribution < 1.29 is 9.15 Å². The van der Waals surface area contributed by atoms with E-state index in [-0.39, 0.29) is 5.56 Å². The van der Waals surface area contributed by atoms with E-state index in [9.17, 15) is 4.79 Å². The highest BCUT2D eigenvalue weighted by Gasteiger charge is 2.34. The summed E-state index contributed by atoms with van der Waals surface area (Å²) in [5, 5.41) is 15.7. The van der Waals surface area contributed by atoms with Gasteiger partial charge in [0.15, 0.2) is 5.82 Å². The molecule has 0 aliphatic heterocycles. The number of H-pyrrole nitrogens is 1. The Kier molecular flexibility index (Phi) is 6.94. The van der Waals surface area contributed by atoms with Crippen molar-refractivity contribution in [1.82, 2.24) is 30.1 Å². The zero-order valence-corrected chi connectivity index (χ0v) is 22.2. The van der Waals surface area contributed by atoms with Gasteiger partial charge >= 0.3 is 0 Å². The molecule has 0 spiro atoms. The number of benzene rings is 1. The minimum absolute atomic E-state index is 0.194. The van der Waals surface area contributed by atoms with Gasteiger partial charge in [-0.2, -0.15) is 0 Å². The number of thiophene rings is 1. The van der Waals surface area contributed by atoms with Crippen LogP contribution in [0.15, 0.2) is 69.4 Å². The summed E-state index contributed by atoms with van der Waals surface area (Å²) in [6.07, 6.45) is 1.66. The predicted octanol–water partition coefficient (Wildman–Crippen LogP) is 5.11.